The molecule has 1 fully saturated rings. The molecule has 0 saturated carbocycles. The first-order valence-electron chi connectivity index (χ1n) is 10.5. The van der Waals surface area contributed by atoms with Crippen LogP contribution in [0.25, 0.3) is 10.9 Å². The normalized spacial score (nSPS) is 16.1. The van der Waals surface area contributed by atoms with Gasteiger partial charge in [-0.1, -0.05) is 19.1 Å². The number of benzene rings is 1. The van der Waals surface area contributed by atoms with Crippen LogP contribution in [0.2, 0.25) is 0 Å². The van der Waals surface area contributed by atoms with E-state index in [0.29, 0.717) is 0 Å². The number of hydrogen-bond donors (Lipinski definition) is 1. The van der Waals surface area contributed by atoms with Gasteiger partial charge in [0.2, 0.25) is 5.91 Å². The van der Waals surface area contributed by atoms with Crippen LogP contribution >= 0.6 is 11.3 Å². The minimum absolute atomic E-state index is 0.0179. The van der Waals surface area contributed by atoms with Gasteiger partial charge in [0.1, 0.15) is 17.5 Å². The number of nitrogens with one attached hydrogen (secondary N) is 1. The summed E-state index contributed by atoms with van der Waals surface area (Å²) in [6.45, 7) is 7.72. The maximum Gasteiger partial charge on any atom is 0.223 e. The topological polar surface area (TPSA) is 58.1 Å². The van der Waals surface area contributed by atoms with Crippen molar-refractivity contribution in [2.45, 2.75) is 46.1 Å². The van der Waals surface area contributed by atoms with Crippen LogP contribution < -0.4 is 10.2 Å². The lowest BCUT2D eigenvalue weighted by atomic mass is 9.95. The number of rotatable bonds is 5. The van der Waals surface area contributed by atoms with Crippen LogP contribution in [0.5, 0.6) is 0 Å². The highest BCUT2D eigenvalue weighted by Gasteiger charge is 2.28. The molecule has 0 radical (unpaired) electrons. The third-order valence-electron chi connectivity index (χ3n) is 5.87. The molecule has 30 heavy (non-hydrogen) atoms. The van der Waals surface area contributed by atoms with Gasteiger partial charge in [-0.3, -0.25) is 4.79 Å². The molecule has 1 aliphatic rings. The van der Waals surface area contributed by atoms with Gasteiger partial charge in [-0.05, 0) is 44.4 Å². The number of nitrogens with zero attached hydrogens (tertiary/aromatic N) is 3. The number of thiophene rings is 1. The van der Waals surface area contributed by atoms with Crippen LogP contribution in [0.3, 0.4) is 0 Å². The lowest BCUT2D eigenvalue weighted by Crippen LogP contribution is -2.41. The summed E-state index contributed by atoms with van der Waals surface area (Å²) in [6, 6.07) is 6.15. The Kier molecular flexibility index (Phi) is 5.99. The molecule has 3 aromatic rings. The van der Waals surface area contributed by atoms with Crippen molar-refractivity contribution in [3.63, 3.8) is 0 Å². The Hall–Kier alpha value is -2.54. The number of aryl methyl sites for hydroxylation is 2. The fraction of sp³-hybridized carbons (Fsp3) is 0.435. The summed E-state index contributed by atoms with van der Waals surface area (Å²) in [6.07, 6.45) is 2.38. The van der Waals surface area contributed by atoms with Crippen LogP contribution in [0.4, 0.5) is 10.2 Å². The average molecular weight is 427 g/mol. The van der Waals surface area contributed by atoms with E-state index in [1.807, 2.05) is 6.92 Å². The summed E-state index contributed by atoms with van der Waals surface area (Å²) in [5, 5.41) is 6.34. The third kappa shape index (κ3) is 4.17. The Morgan fingerprint density at radius 3 is 2.63 bits per heavy atom. The number of hydrogen-bond acceptors (Lipinski definition) is 5. The molecule has 0 spiro atoms. The average Bonchev–Trinajstić information content (AvgIpc) is 3.14. The van der Waals surface area contributed by atoms with E-state index in [0.717, 1.165) is 60.5 Å². The number of piperidine rings is 1. The van der Waals surface area contributed by atoms with Gasteiger partial charge in [0, 0.05) is 35.7 Å². The first kappa shape index (κ1) is 20.7. The summed E-state index contributed by atoms with van der Waals surface area (Å²) in [7, 11) is 0. The molecular formula is C23H27FN4OS. The highest BCUT2D eigenvalue weighted by Crippen LogP contribution is 2.33. The predicted molar refractivity (Wildman–Crippen MR) is 119 cm³/mol. The number of carbonyl (C=O) groups excluding carboxylic acids is 1. The maximum absolute atomic E-state index is 13.1. The second-order valence-electron chi connectivity index (χ2n) is 7.91. The van der Waals surface area contributed by atoms with E-state index in [4.69, 9.17) is 4.98 Å². The highest BCUT2D eigenvalue weighted by molar-refractivity contribution is 7.11. The van der Waals surface area contributed by atoms with E-state index in [-0.39, 0.29) is 23.7 Å². The molecular weight excluding hydrogens is 399 g/mol. The van der Waals surface area contributed by atoms with Crippen molar-refractivity contribution < 1.29 is 9.18 Å². The van der Waals surface area contributed by atoms with Crippen LogP contribution in [-0.2, 0) is 11.2 Å². The minimum Gasteiger partial charge on any atom is -0.356 e. The standard InChI is InChI=1S/C23H27FN4OS/c1-4-20-26-19-13-30-15(3)21(19)22(27-20)28-11-9-17(10-12-28)23(29)25-14(2)16-5-7-18(24)8-6-16/h5-8,13-14,17H,4,9-12H2,1-3H3,(H,25,29). The van der Waals surface area contributed by atoms with Crippen LogP contribution in [0.1, 0.15) is 49.0 Å². The molecule has 5 nitrogen and oxygen atoms in total. The quantitative estimate of drug-likeness (QED) is 0.637. The molecule has 1 amide bonds. The molecule has 1 N–H and O–H groups in total. The van der Waals surface area contributed by atoms with E-state index in [1.54, 1.807) is 23.5 Å². The second kappa shape index (κ2) is 8.68. The van der Waals surface area contributed by atoms with E-state index in [2.05, 4.69) is 34.4 Å². The SMILES string of the molecule is CCc1nc(N2CCC(C(=O)NC(C)c3ccc(F)cc3)CC2)c2c(C)scc2n1. The molecule has 4 rings (SSSR count). The van der Waals surface area contributed by atoms with Gasteiger partial charge in [-0.15, -0.1) is 11.3 Å². The summed E-state index contributed by atoms with van der Waals surface area (Å²) < 4.78 is 13.1. The fourth-order valence-corrected chi connectivity index (χ4v) is 4.82. The largest absolute Gasteiger partial charge is 0.356 e. The Bertz CT molecular complexity index is 1040. The lowest BCUT2D eigenvalue weighted by molar-refractivity contribution is -0.126. The van der Waals surface area contributed by atoms with Gasteiger partial charge in [0.25, 0.3) is 0 Å². The smallest absolute Gasteiger partial charge is 0.223 e. The Morgan fingerprint density at radius 1 is 1.27 bits per heavy atom. The number of aromatic nitrogens is 2. The molecule has 1 unspecified atom stereocenters. The summed E-state index contributed by atoms with van der Waals surface area (Å²) in [4.78, 5) is 25.8. The fourth-order valence-electron chi connectivity index (χ4n) is 4.05. The van der Waals surface area contributed by atoms with Crippen molar-refractivity contribution in [2.75, 3.05) is 18.0 Å². The highest BCUT2D eigenvalue weighted by atomic mass is 32.1. The third-order valence-corrected chi connectivity index (χ3v) is 6.77. The number of amides is 1. The van der Waals surface area contributed by atoms with Gasteiger partial charge >= 0.3 is 0 Å². The molecule has 158 valence electrons. The molecule has 1 aliphatic heterocycles. The van der Waals surface area contributed by atoms with Crippen molar-refractivity contribution in [3.05, 3.63) is 51.7 Å². The molecule has 1 aromatic carbocycles. The molecule has 0 bridgehead atoms. The van der Waals surface area contributed by atoms with Crippen LogP contribution in [-0.4, -0.2) is 29.0 Å². The monoisotopic (exact) mass is 426 g/mol. The second-order valence-corrected chi connectivity index (χ2v) is 9.00. The number of carbonyl (C=O) groups is 1. The minimum atomic E-state index is -0.268. The summed E-state index contributed by atoms with van der Waals surface area (Å²) >= 11 is 1.71. The summed E-state index contributed by atoms with van der Waals surface area (Å²) in [5.41, 5.74) is 1.93. The number of fused-ring (bicyclic) bond motifs is 1. The van der Waals surface area contributed by atoms with Gasteiger partial charge in [0.15, 0.2) is 0 Å². The lowest BCUT2D eigenvalue weighted by Gasteiger charge is -2.33. The Labute approximate surface area is 180 Å². The van der Waals surface area contributed by atoms with Crippen molar-refractivity contribution in [3.8, 4) is 0 Å². The van der Waals surface area contributed by atoms with Crippen molar-refractivity contribution in [1.82, 2.24) is 15.3 Å². The van der Waals surface area contributed by atoms with Gasteiger partial charge in [-0.25, -0.2) is 14.4 Å². The van der Waals surface area contributed by atoms with Crippen LogP contribution in [0, 0.1) is 18.7 Å². The predicted octanol–water partition coefficient (Wildman–Crippen LogP) is 4.80. The molecule has 1 atom stereocenters. The van der Waals surface area contributed by atoms with E-state index < -0.39 is 0 Å². The van der Waals surface area contributed by atoms with E-state index in [1.165, 1.54) is 17.0 Å². The van der Waals surface area contributed by atoms with Gasteiger partial charge in [0.05, 0.1) is 16.9 Å². The number of anilines is 1. The zero-order chi connectivity index (χ0) is 21.3. The van der Waals surface area contributed by atoms with Crippen molar-refractivity contribution in [1.29, 1.82) is 0 Å². The molecule has 1 saturated heterocycles. The molecule has 2 aromatic heterocycles. The van der Waals surface area contributed by atoms with E-state index >= 15 is 0 Å². The van der Waals surface area contributed by atoms with Crippen LogP contribution in [0.15, 0.2) is 29.6 Å². The molecule has 7 heteroatoms. The molecule has 0 aliphatic carbocycles. The van der Waals surface area contributed by atoms with E-state index in [9.17, 15) is 9.18 Å². The summed E-state index contributed by atoms with van der Waals surface area (Å²) in [5.74, 6) is 1.66. The Balaban J connectivity index is 1.42. The zero-order valence-corrected chi connectivity index (χ0v) is 18.4. The maximum atomic E-state index is 13.1. The Morgan fingerprint density at radius 2 is 1.97 bits per heavy atom. The first-order chi connectivity index (χ1) is 14.5. The zero-order valence-electron chi connectivity index (χ0n) is 17.6. The van der Waals surface area contributed by atoms with Gasteiger partial charge < -0.3 is 10.2 Å². The number of halogens is 1. The molecule has 3 heterocycles. The van der Waals surface area contributed by atoms with Crippen molar-refractivity contribution in [2.24, 2.45) is 5.92 Å². The first-order valence-corrected chi connectivity index (χ1v) is 11.4. The van der Waals surface area contributed by atoms with Crippen molar-refractivity contribution >= 4 is 34.0 Å². The van der Waals surface area contributed by atoms with Gasteiger partial charge in [-0.2, -0.15) is 0 Å².